The van der Waals surface area contributed by atoms with Crippen molar-refractivity contribution in [1.82, 2.24) is 0 Å². The Balaban J connectivity index is 1.17. The van der Waals surface area contributed by atoms with Crippen LogP contribution in [0.2, 0.25) is 0 Å². The molecule has 5 nitrogen and oxygen atoms in total. The first-order chi connectivity index (χ1) is 23.0. The molecule has 0 radical (unpaired) electrons. The van der Waals surface area contributed by atoms with Crippen LogP contribution < -0.4 is 0 Å². The van der Waals surface area contributed by atoms with E-state index in [0.717, 1.165) is 36.4 Å². The predicted octanol–water partition coefficient (Wildman–Crippen LogP) is 9.00. The molecular formula is C41H62NO4S+. The van der Waals surface area contributed by atoms with Crippen molar-refractivity contribution in [3.8, 4) is 0 Å². The second kappa shape index (κ2) is 24.0. The van der Waals surface area contributed by atoms with Gasteiger partial charge in [-0.2, -0.15) is 0 Å². The second-order valence-electron chi connectivity index (χ2n) is 13.3. The lowest BCUT2D eigenvalue weighted by Crippen LogP contribution is -2.37. The van der Waals surface area contributed by atoms with Gasteiger partial charge < -0.3 is 23.4 Å². The lowest BCUT2D eigenvalue weighted by molar-refractivity contribution is -0.870. The van der Waals surface area contributed by atoms with Gasteiger partial charge in [-0.15, -0.1) is 11.8 Å². The van der Waals surface area contributed by atoms with Gasteiger partial charge in [0, 0.05) is 6.61 Å². The first-order valence-corrected chi connectivity index (χ1v) is 18.9. The normalized spacial score (nSPS) is 12.1. The molecule has 3 aromatic carbocycles. The van der Waals surface area contributed by atoms with E-state index in [1.807, 2.05) is 0 Å². The van der Waals surface area contributed by atoms with Crippen molar-refractivity contribution in [3.63, 3.8) is 0 Å². The number of unbranched alkanes of at least 4 members (excludes halogenated alkanes) is 8. The maximum Gasteiger partial charge on any atom is 0.102 e. The van der Waals surface area contributed by atoms with E-state index in [1.165, 1.54) is 68.1 Å². The zero-order chi connectivity index (χ0) is 33.3. The largest absolute Gasteiger partial charge is 0.379 e. The first kappa shape index (κ1) is 39.3. The van der Waals surface area contributed by atoms with Crippen LogP contribution in [0.5, 0.6) is 0 Å². The Labute approximate surface area is 290 Å². The quantitative estimate of drug-likeness (QED) is 0.0440. The number of quaternary nitrogens is 1. The fourth-order valence-corrected chi connectivity index (χ4v) is 7.20. The third kappa shape index (κ3) is 16.2. The topological polar surface area (TPSA) is 36.9 Å². The van der Waals surface area contributed by atoms with Crippen LogP contribution in [-0.4, -0.2) is 90.8 Å². The van der Waals surface area contributed by atoms with Crippen molar-refractivity contribution >= 4 is 11.8 Å². The molecule has 0 aliphatic heterocycles. The molecule has 47 heavy (non-hydrogen) atoms. The number of nitrogens with zero attached hydrogens (tertiary/aromatic N) is 1. The van der Waals surface area contributed by atoms with Crippen LogP contribution in [0.3, 0.4) is 0 Å². The third-order valence-corrected chi connectivity index (χ3v) is 9.95. The third-order valence-electron chi connectivity index (χ3n) is 8.31. The highest BCUT2D eigenvalue weighted by atomic mass is 32.2. The van der Waals surface area contributed by atoms with Gasteiger partial charge in [0.15, 0.2) is 0 Å². The van der Waals surface area contributed by atoms with Gasteiger partial charge in [0.05, 0.1) is 72.1 Å². The van der Waals surface area contributed by atoms with E-state index in [-0.39, 0.29) is 4.75 Å². The minimum Gasteiger partial charge on any atom is -0.379 e. The molecule has 0 aliphatic carbocycles. The van der Waals surface area contributed by atoms with Crippen LogP contribution in [0.25, 0.3) is 0 Å². The lowest BCUT2D eigenvalue weighted by Gasteiger charge is -2.35. The molecule has 0 aliphatic rings. The molecule has 0 spiro atoms. The number of likely N-dealkylation sites (N-methyl/N-ethyl adjacent to an activating group) is 1. The van der Waals surface area contributed by atoms with Crippen molar-refractivity contribution in [2.24, 2.45) is 0 Å². The Morgan fingerprint density at radius 2 is 0.766 bits per heavy atom. The number of rotatable bonds is 28. The van der Waals surface area contributed by atoms with Crippen LogP contribution >= 0.6 is 11.8 Å². The molecule has 0 amide bonds. The van der Waals surface area contributed by atoms with Crippen molar-refractivity contribution in [1.29, 1.82) is 0 Å². The van der Waals surface area contributed by atoms with Gasteiger partial charge in [0.25, 0.3) is 0 Å². The summed E-state index contributed by atoms with van der Waals surface area (Å²) in [6.07, 6.45) is 11.6. The fourth-order valence-electron chi connectivity index (χ4n) is 5.64. The maximum atomic E-state index is 5.73. The Morgan fingerprint density at radius 3 is 1.17 bits per heavy atom. The maximum absolute atomic E-state index is 5.73. The van der Waals surface area contributed by atoms with Crippen molar-refractivity contribution in [2.45, 2.75) is 62.5 Å². The molecule has 3 aromatic rings. The summed E-state index contributed by atoms with van der Waals surface area (Å²) >= 11 is 2.09. The smallest absolute Gasteiger partial charge is 0.102 e. The molecular weight excluding hydrogens is 603 g/mol. The van der Waals surface area contributed by atoms with Gasteiger partial charge in [-0.25, -0.2) is 0 Å². The van der Waals surface area contributed by atoms with E-state index in [0.29, 0.717) is 39.6 Å². The Hall–Kier alpha value is -2.19. The highest BCUT2D eigenvalue weighted by Gasteiger charge is 2.36. The monoisotopic (exact) mass is 664 g/mol. The molecule has 0 saturated carbocycles. The minimum absolute atomic E-state index is 0.198. The Bertz CT molecular complexity index is 1040. The van der Waals surface area contributed by atoms with Crippen LogP contribution in [0, 0.1) is 0 Å². The van der Waals surface area contributed by atoms with E-state index in [9.17, 15) is 0 Å². The van der Waals surface area contributed by atoms with Crippen LogP contribution in [0.1, 0.15) is 74.5 Å². The van der Waals surface area contributed by atoms with Crippen molar-refractivity contribution in [2.75, 3.05) is 86.3 Å². The Morgan fingerprint density at radius 1 is 0.426 bits per heavy atom. The van der Waals surface area contributed by atoms with E-state index in [4.69, 9.17) is 18.9 Å². The van der Waals surface area contributed by atoms with Crippen molar-refractivity contribution in [3.05, 3.63) is 108 Å². The van der Waals surface area contributed by atoms with E-state index >= 15 is 0 Å². The highest BCUT2D eigenvalue weighted by Crippen LogP contribution is 2.48. The number of ether oxygens (including phenoxy) is 4. The minimum atomic E-state index is -0.198. The van der Waals surface area contributed by atoms with Crippen molar-refractivity contribution < 1.29 is 23.4 Å². The molecule has 0 heterocycles. The van der Waals surface area contributed by atoms with Gasteiger partial charge in [-0.1, -0.05) is 136 Å². The van der Waals surface area contributed by atoms with Gasteiger partial charge in [0.1, 0.15) is 6.54 Å². The summed E-state index contributed by atoms with van der Waals surface area (Å²) in [7, 11) is 6.50. The first-order valence-electron chi connectivity index (χ1n) is 17.9. The Kier molecular flexibility index (Phi) is 20.1. The molecule has 0 aromatic heterocycles. The molecule has 260 valence electrons. The number of thioether (sulfide) groups is 1. The SMILES string of the molecule is C[N+](C)(C)CCOCCOCCOCCOCCCCCCCCCCCSC(c1ccccc1)(c1ccccc1)c1ccccc1. The second-order valence-corrected chi connectivity index (χ2v) is 14.6. The zero-order valence-corrected chi connectivity index (χ0v) is 30.4. The molecule has 3 rings (SSSR count). The predicted molar refractivity (Wildman–Crippen MR) is 199 cm³/mol. The highest BCUT2D eigenvalue weighted by molar-refractivity contribution is 8.00. The summed E-state index contributed by atoms with van der Waals surface area (Å²) in [6, 6.07) is 33.1. The number of hydrogen-bond donors (Lipinski definition) is 0. The lowest BCUT2D eigenvalue weighted by atomic mass is 9.84. The molecule has 6 heteroatoms. The van der Waals surface area contributed by atoms with Gasteiger partial charge in [-0.05, 0) is 35.3 Å². The standard InChI is InChI=1S/C41H62NO4S/c1-42(2,3)28-30-44-32-34-46-36-35-45-33-31-43-29-20-9-7-5-4-6-8-10-21-37-47-41(38-22-14-11-15-23-38,39-24-16-12-17-25-39)40-26-18-13-19-27-40/h11-19,22-27H,4-10,20-21,28-37H2,1-3H3/q+1. The fraction of sp³-hybridized carbons (Fsp3) is 0.561. The summed E-state index contributed by atoms with van der Waals surface area (Å²) in [5.41, 5.74) is 4.06. The molecule has 0 N–H and O–H groups in total. The average Bonchev–Trinajstić information content (AvgIpc) is 3.09. The average molecular weight is 665 g/mol. The number of benzene rings is 3. The molecule has 0 unspecified atom stereocenters. The van der Waals surface area contributed by atoms with E-state index < -0.39 is 0 Å². The van der Waals surface area contributed by atoms with Crippen LogP contribution in [0.4, 0.5) is 0 Å². The molecule has 0 saturated heterocycles. The summed E-state index contributed by atoms with van der Waals surface area (Å²) in [4.78, 5) is 0. The van der Waals surface area contributed by atoms with Gasteiger partial charge in [0.2, 0.25) is 0 Å². The summed E-state index contributed by atoms with van der Waals surface area (Å²) in [5.74, 6) is 1.14. The van der Waals surface area contributed by atoms with E-state index in [1.54, 1.807) is 0 Å². The summed E-state index contributed by atoms with van der Waals surface area (Å²) < 4.78 is 23.2. The molecule has 0 fully saturated rings. The molecule has 0 atom stereocenters. The van der Waals surface area contributed by atoms with Gasteiger partial charge in [-0.3, -0.25) is 0 Å². The summed E-state index contributed by atoms with van der Waals surface area (Å²) in [6.45, 7) is 6.38. The van der Waals surface area contributed by atoms with Crippen LogP contribution in [0.15, 0.2) is 91.0 Å². The van der Waals surface area contributed by atoms with Gasteiger partial charge >= 0.3 is 0 Å². The van der Waals surface area contributed by atoms with E-state index in [2.05, 4.69) is 124 Å². The zero-order valence-electron chi connectivity index (χ0n) is 29.6. The summed E-state index contributed by atoms with van der Waals surface area (Å²) in [5, 5.41) is 0. The number of hydrogen-bond acceptors (Lipinski definition) is 5. The van der Waals surface area contributed by atoms with Crippen LogP contribution in [-0.2, 0) is 23.7 Å². The molecule has 0 bridgehead atoms.